The van der Waals surface area contributed by atoms with Crippen LogP contribution >= 0.6 is 11.3 Å². The number of carbonyl (C=O) groups excluding carboxylic acids is 1. The van der Waals surface area contributed by atoms with E-state index in [9.17, 15) is 4.79 Å². The number of carbonyl (C=O) groups is 1. The third-order valence-electron chi connectivity index (χ3n) is 6.38. The molecule has 198 valence electrons. The first-order chi connectivity index (χ1) is 17.6. The van der Waals surface area contributed by atoms with Gasteiger partial charge in [0.1, 0.15) is 0 Å². The minimum absolute atomic E-state index is 0.0505. The summed E-state index contributed by atoms with van der Waals surface area (Å²) in [5.74, 6) is 0.463. The van der Waals surface area contributed by atoms with Crippen LogP contribution in [-0.2, 0) is 22.6 Å². The van der Waals surface area contributed by atoms with Gasteiger partial charge in [-0.2, -0.15) is 0 Å². The number of nitrogens with one attached hydrogen (secondary N) is 2. The van der Waals surface area contributed by atoms with Gasteiger partial charge < -0.3 is 15.4 Å². The zero-order chi connectivity index (χ0) is 26.5. The fourth-order valence-electron chi connectivity index (χ4n) is 5.39. The normalized spacial score (nSPS) is 17.0. The van der Waals surface area contributed by atoms with Crippen molar-refractivity contribution in [1.29, 1.82) is 0 Å². The molecule has 1 aliphatic rings. The summed E-state index contributed by atoms with van der Waals surface area (Å²) in [6.07, 6.45) is 3.83. The lowest BCUT2D eigenvalue weighted by Crippen LogP contribution is -2.60. The highest BCUT2D eigenvalue weighted by atomic mass is 32.1. The van der Waals surface area contributed by atoms with Crippen molar-refractivity contribution in [3.8, 4) is 10.6 Å². The minimum Gasteiger partial charge on any atom is -0.465 e. The number of hydrogen-bond acceptors (Lipinski definition) is 8. The molecule has 1 aromatic carbocycles. The molecule has 3 heterocycles. The second kappa shape index (κ2) is 11.7. The molecule has 1 fully saturated rings. The zero-order valence-electron chi connectivity index (χ0n) is 22.6. The summed E-state index contributed by atoms with van der Waals surface area (Å²) < 4.78 is 5.22. The van der Waals surface area contributed by atoms with Crippen LogP contribution < -0.4 is 10.6 Å². The van der Waals surface area contributed by atoms with Crippen molar-refractivity contribution in [2.45, 2.75) is 77.7 Å². The lowest BCUT2D eigenvalue weighted by molar-refractivity contribution is -0.144. The Morgan fingerprint density at radius 1 is 1.08 bits per heavy atom. The highest BCUT2D eigenvalue weighted by Crippen LogP contribution is 2.31. The molecule has 1 saturated heterocycles. The van der Waals surface area contributed by atoms with Crippen LogP contribution in [0.4, 0.5) is 5.95 Å². The van der Waals surface area contributed by atoms with Gasteiger partial charge in [0.15, 0.2) is 0 Å². The smallest absolute Gasteiger partial charge is 0.320 e. The predicted molar refractivity (Wildman–Crippen MR) is 150 cm³/mol. The number of hydrogen-bond donors (Lipinski definition) is 2. The third-order valence-corrected chi connectivity index (χ3v) is 7.47. The molecule has 0 aliphatic carbocycles. The summed E-state index contributed by atoms with van der Waals surface area (Å²) in [6, 6.07) is 16.7. The standard InChI is InChI=1S/C29H39N5O2S/c1-6-36-26(35)20-34(18-21-10-8-7-9-11-21)19-23-12-13-25(37-23)24-14-15-30-27(32-24)31-22-16-28(2,3)33-29(4,5)17-22/h7-15,22,33H,6,16-20H2,1-5H3,(H,30,31,32). The minimum atomic E-state index is -0.203. The molecular weight excluding hydrogens is 482 g/mol. The Balaban J connectivity index is 1.45. The van der Waals surface area contributed by atoms with Crippen LogP contribution in [-0.4, -0.2) is 51.1 Å². The van der Waals surface area contributed by atoms with Gasteiger partial charge in [0.2, 0.25) is 5.95 Å². The average Bonchev–Trinajstić information content (AvgIpc) is 3.26. The fraction of sp³-hybridized carbons (Fsp3) is 0.483. The number of thiophene rings is 1. The molecule has 0 unspecified atom stereocenters. The van der Waals surface area contributed by atoms with E-state index < -0.39 is 0 Å². The van der Waals surface area contributed by atoms with Crippen LogP contribution in [0.25, 0.3) is 10.6 Å². The molecule has 0 atom stereocenters. The summed E-state index contributed by atoms with van der Waals surface area (Å²) in [5.41, 5.74) is 2.17. The summed E-state index contributed by atoms with van der Waals surface area (Å²) >= 11 is 1.70. The van der Waals surface area contributed by atoms with Crippen LogP contribution in [0, 0.1) is 0 Å². The van der Waals surface area contributed by atoms with Gasteiger partial charge in [-0.25, -0.2) is 9.97 Å². The molecule has 37 heavy (non-hydrogen) atoms. The van der Waals surface area contributed by atoms with Crippen molar-refractivity contribution in [3.05, 3.63) is 65.2 Å². The lowest BCUT2D eigenvalue weighted by atomic mass is 9.80. The van der Waals surface area contributed by atoms with Crippen LogP contribution in [0.3, 0.4) is 0 Å². The van der Waals surface area contributed by atoms with E-state index in [0.29, 0.717) is 31.7 Å². The Labute approximate surface area is 224 Å². The predicted octanol–water partition coefficient (Wildman–Crippen LogP) is 5.49. The Bertz CT molecular complexity index is 1160. The summed E-state index contributed by atoms with van der Waals surface area (Å²) in [7, 11) is 0. The number of nitrogens with zero attached hydrogens (tertiary/aromatic N) is 3. The first-order valence-electron chi connectivity index (χ1n) is 13.0. The number of benzene rings is 1. The van der Waals surface area contributed by atoms with Gasteiger partial charge in [0.05, 0.1) is 23.7 Å². The number of rotatable bonds is 10. The average molecular weight is 522 g/mol. The van der Waals surface area contributed by atoms with E-state index in [0.717, 1.165) is 23.4 Å². The number of piperidine rings is 1. The van der Waals surface area contributed by atoms with Gasteiger partial charge in [-0.05, 0) is 71.2 Å². The SMILES string of the molecule is CCOC(=O)CN(Cc1ccccc1)Cc1ccc(-c2ccnc(NC3CC(C)(C)NC(C)(C)C3)n2)s1. The quantitative estimate of drug-likeness (QED) is 0.342. The third kappa shape index (κ3) is 8.09. The van der Waals surface area contributed by atoms with Gasteiger partial charge in [-0.3, -0.25) is 9.69 Å². The van der Waals surface area contributed by atoms with E-state index in [2.05, 4.69) is 72.5 Å². The van der Waals surface area contributed by atoms with Crippen LogP contribution in [0.2, 0.25) is 0 Å². The second-order valence-corrected chi connectivity index (χ2v) is 12.3. The van der Waals surface area contributed by atoms with E-state index in [1.54, 1.807) is 11.3 Å². The van der Waals surface area contributed by atoms with Crippen molar-refractivity contribution < 1.29 is 9.53 Å². The van der Waals surface area contributed by atoms with Crippen molar-refractivity contribution in [1.82, 2.24) is 20.2 Å². The number of esters is 1. The largest absolute Gasteiger partial charge is 0.465 e. The zero-order valence-corrected chi connectivity index (χ0v) is 23.4. The number of anilines is 1. The topological polar surface area (TPSA) is 79.4 Å². The Hall–Kier alpha value is -2.81. The van der Waals surface area contributed by atoms with Gasteiger partial charge >= 0.3 is 5.97 Å². The molecule has 2 aromatic heterocycles. The van der Waals surface area contributed by atoms with Crippen molar-refractivity contribution in [3.63, 3.8) is 0 Å². The molecule has 0 bridgehead atoms. The van der Waals surface area contributed by atoms with Crippen molar-refractivity contribution >= 4 is 23.3 Å². The Morgan fingerprint density at radius 2 is 1.81 bits per heavy atom. The lowest BCUT2D eigenvalue weighted by Gasteiger charge is -2.46. The molecule has 8 heteroatoms. The molecule has 1 aliphatic heterocycles. The highest BCUT2D eigenvalue weighted by Gasteiger charge is 2.37. The molecule has 3 aromatic rings. The van der Waals surface area contributed by atoms with Crippen LogP contribution in [0.15, 0.2) is 54.7 Å². The Kier molecular flexibility index (Phi) is 8.62. The van der Waals surface area contributed by atoms with E-state index in [1.165, 1.54) is 10.4 Å². The van der Waals surface area contributed by atoms with E-state index >= 15 is 0 Å². The Morgan fingerprint density at radius 3 is 2.51 bits per heavy atom. The maximum absolute atomic E-state index is 12.3. The molecule has 4 rings (SSSR count). The summed E-state index contributed by atoms with van der Waals surface area (Å²) in [5, 5.41) is 7.31. The van der Waals surface area contributed by atoms with E-state index in [1.807, 2.05) is 37.4 Å². The fourth-order valence-corrected chi connectivity index (χ4v) is 6.41. The first kappa shape index (κ1) is 27.2. The summed E-state index contributed by atoms with van der Waals surface area (Å²) in [4.78, 5) is 26.0. The summed E-state index contributed by atoms with van der Waals surface area (Å²) in [6.45, 7) is 12.8. The molecule has 0 saturated carbocycles. The molecule has 0 radical (unpaired) electrons. The van der Waals surface area contributed by atoms with Gasteiger partial charge in [0.25, 0.3) is 0 Å². The van der Waals surface area contributed by atoms with Crippen LogP contribution in [0.5, 0.6) is 0 Å². The van der Waals surface area contributed by atoms with Gasteiger partial charge in [-0.1, -0.05) is 30.3 Å². The highest BCUT2D eigenvalue weighted by molar-refractivity contribution is 7.15. The molecule has 7 nitrogen and oxygen atoms in total. The maximum atomic E-state index is 12.3. The van der Waals surface area contributed by atoms with E-state index in [-0.39, 0.29) is 23.6 Å². The van der Waals surface area contributed by atoms with E-state index in [4.69, 9.17) is 9.72 Å². The van der Waals surface area contributed by atoms with Crippen molar-refractivity contribution in [2.75, 3.05) is 18.5 Å². The molecule has 0 amide bonds. The molecule has 0 spiro atoms. The van der Waals surface area contributed by atoms with Crippen molar-refractivity contribution in [2.24, 2.45) is 0 Å². The van der Waals surface area contributed by atoms with Gasteiger partial charge in [-0.15, -0.1) is 11.3 Å². The monoisotopic (exact) mass is 521 g/mol. The molecule has 2 N–H and O–H groups in total. The van der Waals surface area contributed by atoms with Gasteiger partial charge in [0, 0.05) is 41.3 Å². The second-order valence-electron chi connectivity index (χ2n) is 11.1. The molecular formula is C29H39N5O2S. The first-order valence-corrected chi connectivity index (χ1v) is 13.8. The maximum Gasteiger partial charge on any atom is 0.320 e. The van der Waals surface area contributed by atoms with Crippen LogP contribution in [0.1, 0.15) is 57.9 Å². The number of aromatic nitrogens is 2. The number of ether oxygens (including phenoxy) is 1.